The third kappa shape index (κ3) is 2.37. The van der Waals surface area contributed by atoms with Crippen LogP contribution in [0.15, 0.2) is 24.3 Å². The molecule has 2 aromatic rings. The van der Waals surface area contributed by atoms with E-state index in [-0.39, 0.29) is 17.3 Å². The van der Waals surface area contributed by atoms with Crippen molar-refractivity contribution in [1.29, 1.82) is 0 Å². The summed E-state index contributed by atoms with van der Waals surface area (Å²) >= 11 is 0. The first-order valence-corrected chi connectivity index (χ1v) is 6.58. The number of aromatic nitrogens is 3. The van der Waals surface area contributed by atoms with Gasteiger partial charge >= 0.3 is 5.97 Å². The molecule has 1 aromatic carbocycles. The standard InChI is InChI=1S/C14H14N4O3/c1-9-2-4-10(5-3-9)8-17-6-7-18-12(13(17)19)11(14(20)21)15-16-18/h2-5H,6-8H2,1H3,(H,20,21). The summed E-state index contributed by atoms with van der Waals surface area (Å²) in [5.41, 5.74) is 1.93. The van der Waals surface area contributed by atoms with Crippen molar-refractivity contribution < 1.29 is 14.7 Å². The fraction of sp³-hybridized carbons (Fsp3) is 0.286. The van der Waals surface area contributed by atoms with Crippen LogP contribution in [0.3, 0.4) is 0 Å². The number of amides is 1. The van der Waals surface area contributed by atoms with Crippen LogP contribution in [0.25, 0.3) is 0 Å². The van der Waals surface area contributed by atoms with Crippen LogP contribution in [0.5, 0.6) is 0 Å². The number of carbonyl (C=O) groups is 2. The minimum atomic E-state index is -1.23. The fourth-order valence-corrected chi connectivity index (χ4v) is 2.36. The van der Waals surface area contributed by atoms with E-state index in [0.717, 1.165) is 11.1 Å². The summed E-state index contributed by atoms with van der Waals surface area (Å²) in [5, 5.41) is 16.4. The van der Waals surface area contributed by atoms with Gasteiger partial charge in [0.25, 0.3) is 5.91 Å². The number of carboxylic acids is 1. The summed E-state index contributed by atoms with van der Waals surface area (Å²) in [6.45, 7) is 3.39. The van der Waals surface area contributed by atoms with E-state index in [4.69, 9.17) is 5.11 Å². The Morgan fingerprint density at radius 1 is 1.29 bits per heavy atom. The molecule has 1 aliphatic heterocycles. The lowest BCUT2D eigenvalue weighted by Crippen LogP contribution is -2.40. The number of aromatic carboxylic acids is 1. The molecule has 0 unspecified atom stereocenters. The third-order valence-electron chi connectivity index (χ3n) is 3.50. The molecule has 1 N–H and O–H groups in total. The van der Waals surface area contributed by atoms with Crippen molar-refractivity contribution in [3.63, 3.8) is 0 Å². The summed E-state index contributed by atoms with van der Waals surface area (Å²) < 4.78 is 1.36. The van der Waals surface area contributed by atoms with Crippen molar-refractivity contribution in [3.05, 3.63) is 46.8 Å². The van der Waals surface area contributed by atoms with Crippen molar-refractivity contribution in [1.82, 2.24) is 19.9 Å². The molecule has 0 atom stereocenters. The molecule has 0 saturated heterocycles. The van der Waals surface area contributed by atoms with E-state index in [1.54, 1.807) is 4.90 Å². The molecule has 0 radical (unpaired) electrons. The summed E-state index contributed by atoms with van der Waals surface area (Å²) in [4.78, 5) is 25.2. The van der Waals surface area contributed by atoms with E-state index in [2.05, 4.69) is 10.3 Å². The van der Waals surface area contributed by atoms with Gasteiger partial charge in [0.05, 0.1) is 6.54 Å². The Balaban J connectivity index is 1.86. The fourth-order valence-electron chi connectivity index (χ4n) is 2.36. The third-order valence-corrected chi connectivity index (χ3v) is 3.50. The van der Waals surface area contributed by atoms with Gasteiger partial charge in [-0.05, 0) is 12.5 Å². The second-order valence-electron chi connectivity index (χ2n) is 5.03. The van der Waals surface area contributed by atoms with Crippen molar-refractivity contribution >= 4 is 11.9 Å². The highest BCUT2D eigenvalue weighted by molar-refractivity contribution is 6.02. The van der Waals surface area contributed by atoms with Crippen molar-refractivity contribution in [3.8, 4) is 0 Å². The molecule has 0 aliphatic carbocycles. The maximum Gasteiger partial charge on any atom is 0.358 e. The molecule has 0 spiro atoms. The van der Waals surface area contributed by atoms with Gasteiger partial charge < -0.3 is 10.0 Å². The largest absolute Gasteiger partial charge is 0.476 e. The van der Waals surface area contributed by atoms with Gasteiger partial charge in [0.15, 0.2) is 5.69 Å². The van der Waals surface area contributed by atoms with Crippen LogP contribution in [0.1, 0.15) is 32.1 Å². The molecule has 21 heavy (non-hydrogen) atoms. The Morgan fingerprint density at radius 2 is 2.00 bits per heavy atom. The Morgan fingerprint density at radius 3 is 2.67 bits per heavy atom. The highest BCUT2D eigenvalue weighted by atomic mass is 16.4. The zero-order valence-electron chi connectivity index (χ0n) is 11.5. The van der Waals surface area contributed by atoms with Crippen LogP contribution in [0.4, 0.5) is 0 Å². The minimum absolute atomic E-state index is 0.0564. The first-order chi connectivity index (χ1) is 10.1. The van der Waals surface area contributed by atoms with Crippen molar-refractivity contribution in [2.45, 2.75) is 20.0 Å². The minimum Gasteiger partial charge on any atom is -0.476 e. The monoisotopic (exact) mass is 286 g/mol. The quantitative estimate of drug-likeness (QED) is 0.907. The SMILES string of the molecule is Cc1ccc(CN2CCn3nnc(C(=O)O)c3C2=O)cc1. The number of hydrogen-bond acceptors (Lipinski definition) is 4. The Labute approximate surface area is 120 Å². The van der Waals surface area contributed by atoms with E-state index < -0.39 is 5.97 Å². The molecule has 7 heteroatoms. The van der Waals surface area contributed by atoms with Crippen LogP contribution in [0.2, 0.25) is 0 Å². The maximum absolute atomic E-state index is 12.4. The number of carboxylic acid groups (broad SMARTS) is 1. The van der Waals surface area contributed by atoms with Crippen LogP contribution >= 0.6 is 0 Å². The van der Waals surface area contributed by atoms with Crippen molar-refractivity contribution in [2.24, 2.45) is 0 Å². The number of fused-ring (bicyclic) bond motifs is 1. The second-order valence-corrected chi connectivity index (χ2v) is 5.03. The van der Waals surface area contributed by atoms with Crippen LogP contribution in [-0.4, -0.2) is 43.4 Å². The molecule has 1 aliphatic rings. The zero-order chi connectivity index (χ0) is 15.0. The maximum atomic E-state index is 12.4. The molecular formula is C14H14N4O3. The number of benzene rings is 1. The number of rotatable bonds is 3. The predicted octanol–water partition coefficient (Wildman–Crippen LogP) is 0.941. The average Bonchev–Trinajstić information content (AvgIpc) is 2.89. The van der Waals surface area contributed by atoms with E-state index in [0.29, 0.717) is 19.6 Å². The van der Waals surface area contributed by atoms with Gasteiger partial charge in [-0.1, -0.05) is 35.0 Å². The first kappa shape index (κ1) is 13.3. The summed E-state index contributed by atoms with van der Waals surface area (Å²) in [6, 6.07) is 7.90. The molecule has 7 nitrogen and oxygen atoms in total. The van der Waals surface area contributed by atoms with E-state index in [1.165, 1.54) is 4.68 Å². The van der Waals surface area contributed by atoms with Gasteiger partial charge in [0, 0.05) is 13.1 Å². The first-order valence-electron chi connectivity index (χ1n) is 6.58. The highest BCUT2D eigenvalue weighted by Crippen LogP contribution is 2.17. The molecular weight excluding hydrogens is 272 g/mol. The summed E-state index contributed by atoms with van der Waals surface area (Å²) in [6.07, 6.45) is 0. The molecule has 3 rings (SSSR count). The average molecular weight is 286 g/mol. The Bertz CT molecular complexity index is 706. The molecule has 1 amide bonds. The van der Waals surface area contributed by atoms with E-state index in [1.807, 2.05) is 31.2 Å². The lowest BCUT2D eigenvalue weighted by Gasteiger charge is -2.27. The number of hydrogen-bond donors (Lipinski definition) is 1. The molecule has 0 bridgehead atoms. The van der Waals surface area contributed by atoms with Gasteiger partial charge in [0.2, 0.25) is 5.69 Å². The molecule has 0 saturated carbocycles. The normalized spacial score (nSPS) is 14.1. The second kappa shape index (κ2) is 5.01. The Kier molecular flexibility index (Phi) is 3.17. The van der Waals surface area contributed by atoms with E-state index in [9.17, 15) is 9.59 Å². The van der Waals surface area contributed by atoms with Crippen LogP contribution in [0, 0.1) is 6.92 Å². The lowest BCUT2D eigenvalue weighted by molar-refractivity contribution is 0.0641. The van der Waals surface area contributed by atoms with Gasteiger partial charge in [-0.3, -0.25) is 4.79 Å². The summed E-state index contributed by atoms with van der Waals surface area (Å²) in [5.74, 6) is -1.58. The van der Waals surface area contributed by atoms with E-state index >= 15 is 0 Å². The van der Waals surface area contributed by atoms with Crippen molar-refractivity contribution in [2.75, 3.05) is 6.54 Å². The topological polar surface area (TPSA) is 88.3 Å². The predicted molar refractivity (Wildman–Crippen MR) is 72.9 cm³/mol. The highest BCUT2D eigenvalue weighted by Gasteiger charge is 2.32. The number of aryl methyl sites for hydroxylation is 1. The van der Waals surface area contributed by atoms with Gasteiger partial charge in [-0.25, -0.2) is 9.48 Å². The van der Waals surface area contributed by atoms with Crippen LogP contribution in [-0.2, 0) is 13.1 Å². The Hall–Kier alpha value is -2.70. The number of carbonyl (C=O) groups excluding carboxylic acids is 1. The van der Waals surface area contributed by atoms with Crippen LogP contribution < -0.4 is 0 Å². The lowest BCUT2D eigenvalue weighted by atomic mass is 10.1. The molecule has 2 heterocycles. The smallest absolute Gasteiger partial charge is 0.358 e. The molecule has 108 valence electrons. The van der Waals surface area contributed by atoms with Gasteiger partial charge in [-0.2, -0.15) is 0 Å². The van der Waals surface area contributed by atoms with Gasteiger partial charge in [-0.15, -0.1) is 5.10 Å². The molecule has 0 fully saturated rings. The number of nitrogens with zero attached hydrogens (tertiary/aromatic N) is 4. The summed E-state index contributed by atoms with van der Waals surface area (Å²) in [7, 11) is 0. The molecule has 1 aromatic heterocycles. The zero-order valence-corrected chi connectivity index (χ0v) is 11.5. The van der Waals surface area contributed by atoms with Gasteiger partial charge in [0.1, 0.15) is 0 Å².